The molecular formula is C21H16F3N5O. The summed E-state index contributed by atoms with van der Waals surface area (Å²) in [5.74, 6) is -0.107. The van der Waals surface area contributed by atoms with E-state index in [1.54, 1.807) is 24.3 Å². The van der Waals surface area contributed by atoms with Gasteiger partial charge in [-0.2, -0.15) is 19.1 Å². The maximum atomic E-state index is 14.4. The molecule has 0 saturated carbocycles. The standard InChI is InChI=1S/C21H16F3N5O/c22-19-11(8-25)1-3-14-15(19)4-6-18(14)30-13-2-5-17(26)16(7-13)20(27)12-9-28-29(10-12)21(23)24/h1-3,5,7,9-10,18,21,27H,4,6,26H2. The van der Waals surface area contributed by atoms with Crippen LogP contribution in [-0.4, -0.2) is 15.5 Å². The van der Waals surface area contributed by atoms with Crippen LogP contribution in [0.4, 0.5) is 18.9 Å². The van der Waals surface area contributed by atoms with Crippen LogP contribution in [-0.2, 0) is 6.42 Å². The molecule has 1 aromatic heterocycles. The Hall–Kier alpha value is -3.80. The van der Waals surface area contributed by atoms with Crippen LogP contribution in [0.2, 0.25) is 0 Å². The summed E-state index contributed by atoms with van der Waals surface area (Å²) in [6.45, 7) is -2.80. The maximum absolute atomic E-state index is 14.4. The molecule has 1 unspecified atom stereocenters. The number of nitrogens with two attached hydrogens (primary N) is 1. The lowest BCUT2D eigenvalue weighted by Crippen LogP contribution is -2.08. The molecule has 0 amide bonds. The molecule has 9 heteroatoms. The number of anilines is 1. The second-order valence-corrected chi connectivity index (χ2v) is 6.86. The fraction of sp³-hybridized carbons (Fsp3) is 0.190. The molecule has 3 N–H and O–H groups in total. The first-order valence-corrected chi connectivity index (χ1v) is 9.08. The first kappa shape index (κ1) is 19.5. The third-order valence-corrected chi connectivity index (χ3v) is 5.07. The van der Waals surface area contributed by atoms with Gasteiger partial charge in [-0.05, 0) is 48.2 Å². The Kier molecular flexibility index (Phi) is 4.91. The molecule has 3 aromatic rings. The second-order valence-electron chi connectivity index (χ2n) is 6.86. The molecule has 1 aliphatic carbocycles. The number of rotatable bonds is 5. The van der Waals surface area contributed by atoms with E-state index in [1.807, 2.05) is 6.07 Å². The number of hydrogen-bond donors (Lipinski definition) is 2. The Balaban J connectivity index is 1.60. The van der Waals surface area contributed by atoms with E-state index in [9.17, 15) is 13.2 Å². The Morgan fingerprint density at radius 1 is 1.33 bits per heavy atom. The summed E-state index contributed by atoms with van der Waals surface area (Å²) < 4.78 is 46.4. The van der Waals surface area contributed by atoms with Gasteiger partial charge in [-0.25, -0.2) is 9.07 Å². The van der Waals surface area contributed by atoms with Crippen molar-refractivity contribution in [1.82, 2.24) is 9.78 Å². The number of aromatic nitrogens is 2. The number of hydrogen-bond acceptors (Lipinski definition) is 5. The minimum Gasteiger partial charge on any atom is -0.486 e. The monoisotopic (exact) mass is 411 g/mol. The zero-order valence-corrected chi connectivity index (χ0v) is 15.6. The van der Waals surface area contributed by atoms with Gasteiger partial charge < -0.3 is 10.5 Å². The molecule has 2 aromatic carbocycles. The summed E-state index contributed by atoms with van der Waals surface area (Å²) in [6, 6.07) is 9.70. The third kappa shape index (κ3) is 3.37. The molecule has 0 radical (unpaired) electrons. The largest absolute Gasteiger partial charge is 0.486 e. The fourth-order valence-electron chi connectivity index (χ4n) is 3.55. The second kappa shape index (κ2) is 7.55. The molecule has 1 heterocycles. The van der Waals surface area contributed by atoms with E-state index in [4.69, 9.17) is 21.1 Å². The average Bonchev–Trinajstić information content (AvgIpc) is 3.37. The number of benzene rings is 2. The predicted molar refractivity (Wildman–Crippen MR) is 103 cm³/mol. The van der Waals surface area contributed by atoms with Gasteiger partial charge in [-0.15, -0.1) is 0 Å². The van der Waals surface area contributed by atoms with Crippen molar-refractivity contribution >= 4 is 11.4 Å². The molecule has 0 spiro atoms. The molecule has 0 bridgehead atoms. The summed E-state index contributed by atoms with van der Waals surface area (Å²) >= 11 is 0. The van der Waals surface area contributed by atoms with E-state index in [0.29, 0.717) is 40.0 Å². The van der Waals surface area contributed by atoms with E-state index in [1.165, 1.54) is 12.3 Å². The van der Waals surface area contributed by atoms with Crippen molar-refractivity contribution in [2.45, 2.75) is 25.5 Å². The summed E-state index contributed by atoms with van der Waals surface area (Å²) in [4.78, 5) is 0. The molecule has 30 heavy (non-hydrogen) atoms. The molecule has 0 saturated heterocycles. The van der Waals surface area contributed by atoms with Gasteiger partial charge >= 0.3 is 6.55 Å². The quantitative estimate of drug-likeness (QED) is 0.481. The van der Waals surface area contributed by atoms with Crippen LogP contribution < -0.4 is 10.5 Å². The average molecular weight is 411 g/mol. The number of nitriles is 1. The van der Waals surface area contributed by atoms with Crippen LogP contribution in [0.3, 0.4) is 0 Å². The molecule has 152 valence electrons. The highest BCUT2D eigenvalue weighted by molar-refractivity contribution is 6.13. The van der Waals surface area contributed by atoms with Crippen LogP contribution in [0.5, 0.6) is 5.75 Å². The summed E-state index contributed by atoms with van der Waals surface area (Å²) in [5.41, 5.74) is 7.85. The van der Waals surface area contributed by atoms with Gasteiger partial charge in [0.25, 0.3) is 0 Å². The van der Waals surface area contributed by atoms with E-state index in [2.05, 4.69) is 5.10 Å². The number of nitrogen functional groups attached to an aromatic ring is 1. The summed E-state index contributed by atoms with van der Waals surface area (Å²) in [7, 11) is 0. The zero-order chi connectivity index (χ0) is 21.4. The molecule has 4 rings (SSSR count). The number of nitrogens with zero attached hydrogens (tertiary/aromatic N) is 3. The lowest BCUT2D eigenvalue weighted by atomic mass is 10.0. The van der Waals surface area contributed by atoms with Gasteiger partial charge in [-0.1, -0.05) is 6.07 Å². The lowest BCUT2D eigenvalue weighted by Gasteiger charge is -2.17. The third-order valence-electron chi connectivity index (χ3n) is 5.07. The summed E-state index contributed by atoms with van der Waals surface area (Å²) in [5, 5.41) is 20.8. The first-order chi connectivity index (χ1) is 14.4. The van der Waals surface area contributed by atoms with E-state index in [0.717, 1.165) is 6.20 Å². The van der Waals surface area contributed by atoms with Gasteiger partial charge in [-0.3, -0.25) is 5.41 Å². The fourth-order valence-corrected chi connectivity index (χ4v) is 3.55. The molecular weight excluding hydrogens is 395 g/mol. The molecule has 0 fully saturated rings. The summed E-state index contributed by atoms with van der Waals surface area (Å²) in [6.07, 6.45) is 2.83. The number of halogens is 3. The Morgan fingerprint density at radius 2 is 2.13 bits per heavy atom. The van der Waals surface area contributed by atoms with Crippen LogP contribution in [0.15, 0.2) is 42.7 Å². The van der Waals surface area contributed by atoms with Crippen molar-refractivity contribution in [3.8, 4) is 11.8 Å². The van der Waals surface area contributed by atoms with Gasteiger partial charge in [0.05, 0.1) is 17.5 Å². The molecule has 1 atom stereocenters. The number of alkyl halides is 2. The van der Waals surface area contributed by atoms with Crippen molar-refractivity contribution in [1.29, 1.82) is 10.7 Å². The lowest BCUT2D eigenvalue weighted by molar-refractivity contribution is 0.0566. The van der Waals surface area contributed by atoms with Crippen molar-refractivity contribution in [3.63, 3.8) is 0 Å². The topological polar surface area (TPSA) is 101 Å². The SMILES string of the molecule is N#Cc1ccc2c(c1F)CCC2Oc1ccc(N)c(C(=N)c2cnn(C(F)F)c2)c1. The highest BCUT2D eigenvalue weighted by Crippen LogP contribution is 2.37. The van der Waals surface area contributed by atoms with Crippen LogP contribution >= 0.6 is 0 Å². The Morgan fingerprint density at radius 3 is 2.83 bits per heavy atom. The number of nitrogens with one attached hydrogen (secondary N) is 1. The van der Waals surface area contributed by atoms with Crippen molar-refractivity contribution in [2.75, 3.05) is 5.73 Å². The zero-order valence-electron chi connectivity index (χ0n) is 15.6. The minimum atomic E-state index is -2.80. The highest BCUT2D eigenvalue weighted by atomic mass is 19.3. The van der Waals surface area contributed by atoms with Crippen molar-refractivity contribution in [3.05, 3.63) is 76.4 Å². The van der Waals surface area contributed by atoms with E-state index >= 15 is 0 Å². The Labute approximate surface area is 169 Å². The van der Waals surface area contributed by atoms with Gasteiger partial charge in [0.1, 0.15) is 23.7 Å². The number of fused-ring (bicyclic) bond motifs is 1. The van der Waals surface area contributed by atoms with Crippen molar-refractivity contribution < 1.29 is 17.9 Å². The van der Waals surface area contributed by atoms with E-state index in [-0.39, 0.29) is 22.5 Å². The van der Waals surface area contributed by atoms with Gasteiger partial charge in [0.15, 0.2) is 0 Å². The van der Waals surface area contributed by atoms with Crippen LogP contribution in [0.25, 0.3) is 0 Å². The van der Waals surface area contributed by atoms with Crippen LogP contribution in [0.1, 0.15) is 46.9 Å². The molecule has 0 aliphatic heterocycles. The number of ether oxygens (including phenoxy) is 1. The Bertz CT molecular complexity index is 1180. The van der Waals surface area contributed by atoms with Gasteiger partial charge in [0, 0.05) is 23.0 Å². The molecule has 6 nitrogen and oxygen atoms in total. The maximum Gasteiger partial charge on any atom is 0.333 e. The smallest absolute Gasteiger partial charge is 0.333 e. The highest BCUT2D eigenvalue weighted by Gasteiger charge is 2.28. The van der Waals surface area contributed by atoms with Gasteiger partial charge in [0.2, 0.25) is 0 Å². The van der Waals surface area contributed by atoms with Crippen molar-refractivity contribution in [2.24, 2.45) is 0 Å². The predicted octanol–water partition coefficient (Wildman–Crippen LogP) is 4.35. The normalized spacial score (nSPS) is 15.1. The van der Waals surface area contributed by atoms with Crippen LogP contribution in [0, 0.1) is 22.6 Å². The van der Waals surface area contributed by atoms with E-state index < -0.39 is 18.5 Å². The minimum absolute atomic E-state index is 0.00182. The molecule has 1 aliphatic rings. The first-order valence-electron chi connectivity index (χ1n) is 9.08.